The van der Waals surface area contributed by atoms with Crippen LogP contribution >= 0.6 is 0 Å². The minimum Gasteiger partial charge on any atom is -0.309 e. The Labute approximate surface area is 57.4 Å². The van der Waals surface area contributed by atoms with Gasteiger partial charge in [0.05, 0.1) is 0 Å². The van der Waals surface area contributed by atoms with Gasteiger partial charge >= 0.3 is 0 Å². The van der Waals surface area contributed by atoms with E-state index in [4.69, 9.17) is 0 Å². The molecule has 1 heteroatoms. The smallest absolute Gasteiger partial charge is 0.00383 e. The van der Waals surface area contributed by atoms with Crippen LogP contribution in [0.15, 0.2) is 12.2 Å². The maximum atomic E-state index is 2.33. The molecular formula is C8H15N. The molecular weight excluding hydrogens is 110 g/mol. The fourth-order valence-corrected chi connectivity index (χ4v) is 1.32. The van der Waals surface area contributed by atoms with Gasteiger partial charge in [-0.15, -0.1) is 0 Å². The molecule has 0 bridgehead atoms. The monoisotopic (exact) mass is 125 g/mol. The Morgan fingerprint density at radius 1 is 1.56 bits per heavy atom. The quantitative estimate of drug-likeness (QED) is 0.506. The Kier molecular flexibility index (Phi) is 2.29. The van der Waals surface area contributed by atoms with Gasteiger partial charge in [0, 0.05) is 6.54 Å². The van der Waals surface area contributed by atoms with E-state index in [1.807, 2.05) is 0 Å². The predicted octanol–water partition coefficient (Wildman–Crippen LogP) is 1.51. The molecule has 1 atom stereocenters. The third-order valence-electron chi connectivity index (χ3n) is 1.71. The van der Waals surface area contributed by atoms with Crippen LogP contribution in [0.4, 0.5) is 0 Å². The van der Waals surface area contributed by atoms with Crippen LogP contribution in [0.2, 0.25) is 0 Å². The van der Waals surface area contributed by atoms with Gasteiger partial charge in [-0.3, -0.25) is 0 Å². The Bertz CT molecular complexity index is 105. The fourth-order valence-electron chi connectivity index (χ4n) is 1.32. The highest BCUT2D eigenvalue weighted by Crippen LogP contribution is 2.16. The molecule has 0 spiro atoms. The molecule has 52 valence electrons. The van der Waals surface area contributed by atoms with Gasteiger partial charge in [0.25, 0.3) is 0 Å². The van der Waals surface area contributed by atoms with Crippen molar-refractivity contribution in [3.63, 3.8) is 0 Å². The second-order valence-electron chi connectivity index (χ2n) is 3.03. The third kappa shape index (κ3) is 2.19. The molecule has 1 aliphatic rings. The van der Waals surface area contributed by atoms with Gasteiger partial charge in [-0.05, 0) is 32.9 Å². The summed E-state index contributed by atoms with van der Waals surface area (Å²) in [5.74, 6) is 0.833. The largest absolute Gasteiger partial charge is 0.309 e. The molecule has 0 N–H and O–H groups in total. The molecule has 0 unspecified atom stereocenters. The lowest BCUT2D eigenvalue weighted by atomic mass is 10.1. The van der Waals surface area contributed by atoms with Crippen LogP contribution in [0.25, 0.3) is 0 Å². The molecule has 0 saturated heterocycles. The van der Waals surface area contributed by atoms with Crippen molar-refractivity contribution in [3.8, 4) is 0 Å². The van der Waals surface area contributed by atoms with E-state index in [0.717, 1.165) is 5.92 Å². The van der Waals surface area contributed by atoms with Crippen molar-refractivity contribution in [1.82, 2.24) is 4.90 Å². The zero-order valence-corrected chi connectivity index (χ0v) is 6.30. The standard InChI is InChI=1S/C8H15N/c1-9(2)7-8-5-3-4-6-8/h3,5,8H,4,6-7H2,1-2H3/t8-/m0/s1. The molecule has 0 saturated carbocycles. The first-order valence-electron chi connectivity index (χ1n) is 3.60. The van der Waals surface area contributed by atoms with Crippen LogP contribution in [-0.2, 0) is 0 Å². The second-order valence-corrected chi connectivity index (χ2v) is 3.03. The van der Waals surface area contributed by atoms with Crippen LogP contribution in [0.3, 0.4) is 0 Å². The third-order valence-corrected chi connectivity index (χ3v) is 1.71. The highest BCUT2D eigenvalue weighted by Gasteiger charge is 2.08. The van der Waals surface area contributed by atoms with Gasteiger partial charge in [0.2, 0.25) is 0 Å². The molecule has 1 aliphatic carbocycles. The highest BCUT2D eigenvalue weighted by atomic mass is 15.1. The number of hydrogen-bond acceptors (Lipinski definition) is 1. The van der Waals surface area contributed by atoms with E-state index in [-0.39, 0.29) is 0 Å². The molecule has 0 aromatic carbocycles. The number of hydrogen-bond donors (Lipinski definition) is 0. The molecule has 0 aromatic heterocycles. The highest BCUT2D eigenvalue weighted by molar-refractivity contribution is 4.96. The van der Waals surface area contributed by atoms with Crippen molar-refractivity contribution in [3.05, 3.63) is 12.2 Å². The van der Waals surface area contributed by atoms with E-state index in [1.54, 1.807) is 0 Å². The Balaban J connectivity index is 2.20. The van der Waals surface area contributed by atoms with E-state index < -0.39 is 0 Å². The molecule has 0 fully saturated rings. The fraction of sp³-hybridized carbons (Fsp3) is 0.750. The lowest BCUT2D eigenvalue weighted by Gasteiger charge is -2.13. The number of rotatable bonds is 2. The average molecular weight is 125 g/mol. The summed E-state index contributed by atoms with van der Waals surface area (Å²) in [6, 6.07) is 0. The Hall–Kier alpha value is -0.300. The van der Waals surface area contributed by atoms with Gasteiger partial charge in [0.15, 0.2) is 0 Å². The lowest BCUT2D eigenvalue weighted by Crippen LogP contribution is -2.18. The molecule has 0 heterocycles. The van der Waals surface area contributed by atoms with Crippen LogP contribution in [0.5, 0.6) is 0 Å². The first-order chi connectivity index (χ1) is 4.29. The van der Waals surface area contributed by atoms with E-state index >= 15 is 0 Å². The first kappa shape index (κ1) is 6.81. The van der Waals surface area contributed by atoms with E-state index in [1.165, 1.54) is 19.4 Å². The summed E-state index contributed by atoms with van der Waals surface area (Å²) in [6.07, 6.45) is 7.27. The zero-order chi connectivity index (χ0) is 6.69. The van der Waals surface area contributed by atoms with Crippen LogP contribution in [-0.4, -0.2) is 25.5 Å². The summed E-state index contributed by atoms with van der Waals surface area (Å²) in [5, 5.41) is 0. The molecule has 9 heavy (non-hydrogen) atoms. The first-order valence-corrected chi connectivity index (χ1v) is 3.60. The van der Waals surface area contributed by atoms with Crippen LogP contribution in [0.1, 0.15) is 12.8 Å². The topological polar surface area (TPSA) is 3.24 Å². The van der Waals surface area contributed by atoms with Crippen molar-refractivity contribution in [2.75, 3.05) is 20.6 Å². The average Bonchev–Trinajstić information content (AvgIpc) is 2.15. The summed E-state index contributed by atoms with van der Waals surface area (Å²) in [7, 11) is 4.26. The molecule has 0 radical (unpaired) electrons. The summed E-state index contributed by atoms with van der Waals surface area (Å²) in [6.45, 7) is 1.22. The summed E-state index contributed by atoms with van der Waals surface area (Å²) < 4.78 is 0. The lowest BCUT2D eigenvalue weighted by molar-refractivity contribution is 0.356. The minimum atomic E-state index is 0.833. The van der Waals surface area contributed by atoms with Gasteiger partial charge in [-0.1, -0.05) is 12.2 Å². The maximum absolute atomic E-state index is 2.33. The van der Waals surface area contributed by atoms with E-state index in [9.17, 15) is 0 Å². The number of nitrogens with zero attached hydrogens (tertiary/aromatic N) is 1. The van der Waals surface area contributed by atoms with Gasteiger partial charge in [-0.25, -0.2) is 0 Å². The minimum absolute atomic E-state index is 0.833. The zero-order valence-electron chi connectivity index (χ0n) is 6.30. The molecule has 0 aromatic rings. The van der Waals surface area contributed by atoms with Crippen LogP contribution < -0.4 is 0 Å². The van der Waals surface area contributed by atoms with E-state index in [0.29, 0.717) is 0 Å². The second kappa shape index (κ2) is 3.02. The normalized spacial score (nSPS) is 25.9. The van der Waals surface area contributed by atoms with Gasteiger partial charge in [-0.2, -0.15) is 0 Å². The summed E-state index contributed by atoms with van der Waals surface area (Å²) in [4.78, 5) is 2.25. The van der Waals surface area contributed by atoms with Crippen molar-refractivity contribution < 1.29 is 0 Å². The molecule has 0 amide bonds. The number of allylic oxidation sites excluding steroid dienone is 1. The maximum Gasteiger partial charge on any atom is 0.00383 e. The predicted molar refractivity (Wildman–Crippen MR) is 40.4 cm³/mol. The Morgan fingerprint density at radius 3 is 2.78 bits per heavy atom. The van der Waals surface area contributed by atoms with Crippen molar-refractivity contribution in [2.45, 2.75) is 12.8 Å². The van der Waals surface area contributed by atoms with Crippen molar-refractivity contribution in [2.24, 2.45) is 5.92 Å². The summed E-state index contributed by atoms with van der Waals surface area (Å²) in [5.41, 5.74) is 0. The van der Waals surface area contributed by atoms with Gasteiger partial charge in [0.1, 0.15) is 0 Å². The SMILES string of the molecule is CN(C)C[C@H]1C=CCC1. The molecule has 1 rings (SSSR count). The van der Waals surface area contributed by atoms with E-state index in [2.05, 4.69) is 31.1 Å². The molecule has 0 aliphatic heterocycles. The Morgan fingerprint density at radius 2 is 2.33 bits per heavy atom. The van der Waals surface area contributed by atoms with Crippen molar-refractivity contribution >= 4 is 0 Å². The van der Waals surface area contributed by atoms with Crippen molar-refractivity contribution in [1.29, 1.82) is 0 Å². The molecule has 1 nitrogen and oxygen atoms in total. The van der Waals surface area contributed by atoms with Gasteiger partial charge < -0.3 is 4.90 Å². The van der Waals surface area contributed by atoms with Crippen LogP contribution in [0, 0.1) is 5.92 Å². The summed E-state index contributed by atoms with van der Waals surface area (Å²) >= 11 is 0.